The molecule has 21 heavy (non-hydrogen) atoms. The highest BCUT2D eigenvalue weighted by Gasteiger charge is 2.21. The average Bonchev–Trinajstić information content (AvgIpc) is 2.41. The first kappa shape index (κ1) is 15.4. The Balaban J connectivity index is 2.33. The van der Waals surface area contributed by atoms with E-state index in [1.807, 2.05) is 32.9 Å². The second kappa shape index (κ2) is 5.76. The van der Waals surface area contributed by atoms with E-state index in [1.54, 1.807) is 12.1 Å². The Kier molecular flexibility index (Phi) is 4.21. The van der Waals surface area contributed by atoms with Crippen molar-refractivity contribution < 1.29 is 13.6 Å². The van der Waals surface area contributed by atoms with Crippen LogP contribution in [0.4, 0.5) is 8.78 Å². The second-order valence-electron chi connectivity index (χ2n) is 6.13. The van der Waals surface area contributed by atoms with E-state index in [9.17, 15) is 13.6 Å². The van der Waals surface area contributed by atoms with Crippen molar-refractivity contribution in [3.8, 4) is 0 Å². The first-order valence-electron chi connectivity index (χ1n) is 6.85. The zero-order chi connectivity index (χ0) is 15.6. The van der Waals surface area contributed by atoms with Crippen molar-refractivity contribution in [3.63, 3.8) is 0 Å². The largest absolute Gasteiger partial charge is 0.294 e. The average molecular weight is 288 g/mol. The highest BCUT2D eigenvalue weighted by Crippen LogP contribution is 2.27. The molecule has 0 bridgehead atoms. The van der Waals surface area contributed by atoms with E-state index in [1.165, 1.54) is 12.1 Å². The van der Waals surface area contributed by atoms with Crippen LogP contribution in [0.2, 0.25) is 0 Å². The molecule has 0 unspecified atom stereocenters. The maximum Gasteiger partial charge on any atom is 0.167 e. The summed E-state index contributed by atoms with van der Waals surface area (Å²) in [4.78, 5) is 12.5. The fourth-order valence-corrected chi connectivity index (χ4v) is 2.31. The fourth-order valence-electron chi connectivity index (χ4n) is 2.31. The molecule has 110 valence electrons. The lowest BCUT2D eigenvalue weighted by Gasteiger charge is -2.22. The Hall–Kier alpha value is -2.03. The van der Waals surface area contributed by atoms with Gasteiger partial charge in [0.25, 0.3) is 0 Å². The van der Waals surface area contributed by atoms with Crippen LogP contribution in [0.3, 0.4) is 0 Å². The van der Waals surface area contributed by atoms with Crippen molar-refractivity contribution >= 4 is 5.78 Å². The molecule has 0 heterocycles. The summed E-state index contributed by atoms with van der Waals surface area (Å²) in [6.45, 7) is 6.08. The van der Waals surface area contributed by atoms with Gasteiger partial charge in [0.2, 0.25) is 0 Å². The lowest BCUT2D eigenvalue weighted by Crippen LogP contribution is -2.18. The minimum atomic E-state index is -0.684. The van der Waals surface area contributed by atoms with Crippen LogP contribution in [0.5, 0.6) is 0 Å². The Bertz CT molecular complexity index is 669. The monoisotopic (exact) mass is 288 g/mol. The maximum atomic E-state index is 13.7. The molecule has 0 atom stereocenters. The van der Waals surface area contributed by atoms with Gasteiger partial charge in [0, 0.05) is 18.1 Å². The van der Waals surface area contributed by atoms with Gasteiger partial charge in [-0.1, -0.05) is 51.1 Å². The summed E-state index contributed by atoms with van der Waals surface area (Å²) in [5, 5.41) is 0. The summed E-state index contributed by atoms with van der Waals surface area (Å²) in [6, 6.07) is 10.6. The normalized spacial score (nSPS) is 11.5. The first-order chi connectivity index (χ1) is 9.79. The molecule has 0 N–H and O–H groups in total. The molecular formula is C18H18F2O. The van der Waals surface area contributed by atoms with Crippen molar-refractivity contribution in [1.82, 2.24) is 0 Å². The molecule has 0 spiro atoms. The van der Waals surface area contributed by atoms with Gasteiger partial charge in [0.1, 0.15) is 11.6 Å². The number of carbonyl (C=O) groups excluding carboxylic acids is 1. The summed E-state index contributed by atoms with van der Waals surface area (Å²) in [5.74, 6) is -1.48. The number of carbonyl (C=O) groups is 1. The highest BCUT2D eigenvalue weighted by atomic mass is 19.1. The van der Waals surface area contributed by atoms with E-state index >= 15 is 0 Å². The van der Waals surface area contributed by atoms with Crippen molar-refractivity contribution in [1.29, 1.82) is 0 Å². The summed E-state index contributed by atoms with van der Waals surface area (Å²) in [6.07, 6.45) is -0.0702. The molecule has 2 rings (SSSR count). The number of rotatable bonds is 3. The standard InChI is InChI=1S/C18H18F2O/c1-18(2,3)15-7-5-4-6-14(15)17(21)10-12-8-9-13(19)11-16(12)20/h4-9,11H,10H2,1-3H3. The molecule has 0 radical (unpaired) electrons. The smallest absolute Gasteiger partial charge is 0.167 e. The molecule has 1 nitrogen and oxygen atoms in total. The van der Waals surface area contributed by atoms with Gasteiger partial charge in [-0.2, -0.15) is 0 Å². The highest BCUT2D eigenvalue weighted by molar-refractivity contribution is 5.99. The van der Waals surface area contributed by atoms with Gasteiger partial charge in [-0.3, -0.25) is 4.79 Å². The number of ketones is 1. The quantitative estimate of drug-likeness (QED) is 0.749. The van der Waals surface area contributed by atoms with Crippen LogP contribution in [0.1, 0.15) is 42.3 Å². The molecule has 2 aromatic rings. The molecule has 0 aliphatic heterocycles. The number of hydrogen-bond acceptors (Lipinski definition) is 1. The van der Waals surface area contributed by atoms with Gasteiger partial charge in [-0.05, 0) is 22.6 Å². The zero-order valence-electron chi connectivity index (χ0n) is 12.4. The van der Waals surface area contributed by atoms with Crippen LogP contribution in [0, 0.1) is 11.6 Å². The number of benzene rings is 2. The van der Waals surface area contributed by atoms with Crippen molar-refractivity contribution in [2.24, 2.45) is 0 Å². The van der Waals surface area contributed by atoms with E-state index in [0.717, 1.165) is 11.6 Å². The van der Waals surface area contributed by atoms with Crippen LogP contribution in [-0.2, 0) is 11.8 Å². The second-order valence-corrected chi connectivity index (χ2v) is 6.13. The van der Waals surface area contributed by atoms with Gasteiger partial charge in [-0.15, -0.1) is 0 Å². The molecule has 0 saturated heterocycles. The van der Waals surface area contributed by atoms with Crippen LogP contribution >= 0.6 is 0 Å². The first-order valence-corrected chi connectivity index (χ1v) is 6.85. The molecular weight excluding hydrogens is 270 g/mol. The van der Waals surface area contributed by atoms with Crippen molar-refractivity contribution in [2.45, 2.75) is 32.6 Å². The number of hydrogen-bond donors (Lipinski definition) is 0. The summed E-state index contributed by atoms with van der Waals surface area (Å²) < 4.78 is 26.6. The lowest BCUT2D eigenvalue weighted by atomic mass is 9.82. The predicted molar refractivity (Wildman–Crippen MR) is 79.5 cm³/mol. The Morgan fingerprint density at radius 1 is 1.05 bits per heavy atom. The van der Waals surface area contributed by atoms with Crippen LogP contribution in [0.25, 0.3) is 0 Å². The minimum absolute atomic E-state index is 0.0702. The van der Waals surface area contributed by atoms with Gasteiger partial charge < -0.3 is 0 Å². The van der Waals surface area contributed by atoms with Gasteiger partial charge >= 0.3 is 0 Å². The Labute approximate surface area is 123 Å². The summed E-state index contributed by atoms with van der Waals surface area (Å²) >= 11 is 0. The van der Waals surface area contributed by atoms with E-state index in [4.69, 9.17) is 0 Å². The molecule has 0 fully saturated rings. The molecule has 0 aliphatic rings. The van der Waals surface area contributed by atoms with Gasteiger partial charge in [0.05, 0.1) is 0 Å². The van der Waals surface area contributed by atoms with Gasteiger partial charge in [-0.25, -0.2) is 8.78 Å². The number of Topliss-reactive ketones (excluding diaryl/α,β-unsaturated/α-hetero) is 1. The molecule has 0 saturated carbocycles. The minimum Gasteiger partial charge on any atom is -0.294 e. The number of halogens is 2. The zero-order valence-corrected chi connectivity index (χ0v) is 12.4. The van der Waals surface area contributed by atoms with Crippen LogP contribution in [-0.4, -0.2) is 5.78 Å². The van der Waals surface area contributed by atoms with Crippen molar-refractivity contribution in [3.05, 3.63) is 70.8 Å². The molecule has 2 aromatic carbocycles. The third-order valence-corrected chi connectivity index (χ3v) is 3.40. The molecule has 0 amide bonds. The Morgan fingerprint density at radius 2 is 1.71 bits per heavy atom. The summed E-state index contributed by atoms with van der Waals surface area (Å²) in [5.41, 5.74) is 1.56. The molecule has 0 aromatic heterocycles. The Morgan fingerprint density at radius 3 is 2.33 bits per heavy atom. The van der Waals surface area contributed by atoms with Crippen molar-refractivity contribution in [2.75, 3.05) is 0 Å². The third kappa shape index (κ3) is 3.54. The molecule has 0 aliphatic carbocycles. The maximum absolute atomic E-state index is 13.7. The van der Waals surface area contributed by atoms with E-state index in [2.05, 4.69) is 0 Å². The lowest BCUT2D eigenvalue weighted by molar-refractivity contribution is 0.0989. The SMILES string of the molecule is CC(C)(C)c1ccccc1C(=O)Cc1ccc(F)cc1F. The predicted octanol–water partition coefficient (Wildman–Crippen LogP) is 4.69. The summed E-state index contributed by atoms with van der Waals surface area (Å²) in [7, 11) is 0. The fraction of sp³-hybridized carbons (Fsp3) is 0.278. The van der Waals surface area contributed by atoms with Crippen LogP contribution < -0.4 is 0 Å². The third-order valence-electron chi connectivity index (χ3n) is 3.40. The van der Waals surface area contributed by atoms with Gasteiger partial charge in [0.15, 0.2) is 5.78 Å². The van der Waals surface area contributed by atoms with E-state index in [0.29, 0.717) is 5.56 Å². The van der Waals surface area contributed by atoms with E-state index < -0.39 is 11.6 Å². The topological polar surface area (TPSA) is 17.1 Å². The van der Waals surface area contributed by atoms with E-state index in [-0.39, 0.29) is 23.2 Å². The van der Waals surface area contributed by atoms with Crippen LogP contribution in [0.15, 0.2) is 42.5 Å². The molecule has 3 heteroatoms.